The first-order valence-corrected chi connectivity index (χ1v) is 7.23. The summed E-state index contributed by atoms with van der Waals surface area (Å²) < 4.78 is 5.56. The second kappa shape index (κ2) is 6.74. The molecule has 1 aromatic carbocycles. The van der Waals surface area contributed by atoms with Gasteiger partial charge in [-0.15, -0.1) is 0 Å². The standard InChI is InChI=1S/C16H23N3O/c1-12(2)18-10-14-4-5-16(15(8-14)9-17)19-6-7-20-13(3)11-19/h4-5,8,12-13,18H,6-7,10-11H2,1-3H3. The topological polar surface area (TPSA) is 48.3 Å². The lowest BCUT2D eigenvalue weighted by Gasteiger charge is -2.33. The number of hydrogen-bond acceptors (Lipinski definition) is 4. The Hall–Kier alpha value is -1.57. The van der Waals surface area contributed by atoms with Gasteiger partial charge in [0, 0.05) is 25.7 Å². The fourth-order valence-electron chi connectivity index (χ4n) is 2.42. The van der Waals surface area contributed by atoms with Crippen molar-refractivity contribution in [3.8, 4) is 6.07 Å². The second-order valence-corrected chi connectivity index (χ2v) is 5.63. The van der Waals surface area contributed by atoms with Crippen LogP contribution in [0.25, 0.3) is 0 Å². The van der Waals surface area contributed by atoms with E-state index in [0.29, 0.717) is 6.04 Å². The van der Waals surface area contributed by atoms with Gasteiger partial charge in [0.15, 0.2) is 0 Å². The number of hydrogen-bond donors (Lipinski definition) is 1. The Morgan fingerprint density at radius 2 is 2.30 bits per heavy atom. The normalized spacial score (nSPS) is 19.1. The Kier molecular flexibility index (Phi) is 4.99. The zero-order valence-corrected chi connectivity index (χ0v) is 12.5. The molecule has 0 aliphatic carbocycles. The molecule has 4 heteroatoms. The van der Waals surface area contributed by atoms with Crippen molar-refractivity contribution >= 4 is 5.69 Å². The van der Waals surface area contributed by atoms with Gasteiger partial charge in [-0.1, -0.05) is 19.9 Å². The van der Waals surface area contributed by atoms with Crippen molar-refractivity contribution in [3.05, 3.63) is 29.3 Å². The first kappa shape index (κ1) is 14.8. The third kappa shape index (κ3) is 3.72. The SMILES string of the molecule is CC(C)NCc1ccc(N2CCOC(C)C2)c(C#N)c1. The van der Waals surface area contributed by atoms with E-state index in [9.17, 15) is 5.26 Å². The molecule has 1 aromatic rings. The smallest absolute Gasteiger partial charge is 0.101 e. The molecule has 1 heterocycles. The van der Waals surface area contributed by atoms with Crippen LogP contribution in [-0.4, -0.2) is 31.8 Å². The molecule has 1 aliphatic heterocycles. The van der Waals surface area contributed by atoms with Crippen LogP contribution in [0.15, 0.2) is 18.2 Å². The Morgan fingerprint density at radius 3 is 2.95 bits per heavy atom. The molecule has 1 N–H and O–H groups in total. The predicted molar refractivity (Wildman–Crippen MR) is 80.8 cm³/mol. The van der Waals surface area contributed by atoms with Gasteiger partial charge in [0.1, 0.15) is 6.07 Å². The van der Waals surface area contributed by atoms with Crippen molar-refractivity contribution in [1.29, 1.82) is 5.26 Å². The molecule has 20 heavy (non-hydrogen) atoms. The summed E-state index contributed by atoms with van der Waals surface area (Å²) in [6, 6.07) is 8.93. The summed E-state index contributed by atoms with van der Waals surface area (Å²) in [6.45, 7) is 9.53. The van der Waals surface area contributed by atoms with Crippen LogP contribution in [0, 0.1) is 11.3 Å². The molecular formula is C16H23N3O. The third-order valence-corrected chi connectivity index (χ3v) is 3.48. The zero-order chi connectivity index (χ0) is 14.5. The van der Waals surface area contributed by atoms with Crippen molar-refractivity contribution in [2.24, 2.45) is 0 Å². The van der Waals surface area contributed by atoms with Crippen molar-refractivity contribution in [3.63, 3.8) is 0 Å². The maximum Gasteiger partial charge on any atom is 0.101 e. The molecule has 0 radical (unpaired) electrons. The molecule has 1 aliphatic rings. The lowest BCUT2D eigenvalue weighted by Crippen LogP contribution is -2.41. The van der Waals surface area contributed by atoms with Crippen molar-refractivity contribution < 1.29 is 4.74 Å². The fourth-order valence-corrected chi connectivity index (χ4v) is 2.42. The molecule has 0 aromatic heterocycles. The fraction of sp³-hybridized carbons (Fsp3) is 0.562. The average Bonchev–Trinajstić information content (AvgIpc) is 2.44. The van der Waals surface area contributed by atoms with E-state index in [2.05, 4.69) is 49.2 Å². The van der Waals surface area contributed by atoms with Crippen LogP contribution in [0.3, 0.4) is 0 Å². The van der Waals surface area contributed by atoms with E-state index in [4.69, 9.17) is 4.74 Å². The molecule has 1 saturated heterocycles. The summed E-state index contributed by atoms with van der Waals surface area (Å²) in [5.74, 6) is 0. The minimum atomic E-state index is 0.220. The first-order valence-electron chi connectivity index (χ1n) is 7.23. The number of rotatable bonds is 4. The number of anilines is 1. The number of nitriles is 1. The highest BCUT2D eigenvalue weighted by atomic mass is 16.5. The highest BCUT2D eigenvalue weighted by molar-refractivity contribution is 5.60. The second-order valence-electron chi connectivity index (χ2n) is 5.63. The summed E-state index contributed by atoms with van der Waals surface area (Å²) in [6.07, 6.45) is 0.220. The van der Waals surface area contributed by atoms with Crippen LogP contribution < -0.4 is 10.2 Å². The largest absolute Gasteiger partial charge is 0.375 e. The van der Waals surface area contributed by atoms with E-state index >= 15 is 0 Å². The van der Waals surface area contributed by atoms with E-state index in [0.717, 1.165) is 43.1 Å². The van der Waals surface area contributed by atoms with E-state index in [1.165, 1.54) is 0 Å². The molecule has 1 unspecified atom stereocenters. The van der Waals surface area contributed by atoms with E-state index in [1.54, 1.807) is 0 Å². The third-order valence-electron chi connectivity index (χ3n) is 3.48. The van der Waals surface area contributed by atoms with E-state index in [1.807, 2.05) is 6.07 Å². The van der Waals surface area contributed by atoms with Gasteiger partial charge >= 0.3 is 0 Å². The summed E-state index contributed by atoms with van der Waals surface area (Å²) >= 11 is 0. The molecule has 0 bridgehead atoms. The summed E-state index contributed by atoms with van der Waals surface area (Å²) in [5, 5.41) is 12.8. The number of nitrogens with one attached hydrogen (secondary N) is 1. The van der Waals surface area contributed by atoms with Crippen molar-refractivity contribution in [2.45, 2.75) is 39.5 Å². The van der Waals surface area contributed by atoms with Gasteiger partial charge in [-0.25, -0.2) is 0 Å². The lowest BCUT2D eigenvalue weighted by molar-refractivity contribution is 0.0532. The van der Waals surface area contributed by atoms with E-state index < -0.39 is 0 Å². The Bertz CT molecular complexity index is 493. The van der Waals surface area contributed by atoms with Gasteiger partial charge in [0.2, 0.25) is 0 Å². The number of morpholine rings is 1. The average molecular weight is 273 g/mol. The number of ether oxygens (including phenoxy) is 1. The van der Waals surface area contributed by atoms with Crippen LogP contribution in [0.1, 0.15) is 31.9 Å². The van der Waals surface area contributed by atoms with Gasteiger partial charge in [0.05, 0.1) is 24.0 Å². The zero-order valence-electron chi connectivity index (χ0n) is 12.5. The van der Waals surface area contributed by atoms with Gasteiger partial charge in [0.25, 0.3) is 0 Å². The van der Waals surface area contributed by atoms with Crippen molar-refractivity contribution in [1.82, 2.24) is 5.32 Å². The monoisotopic (exact) mass is 273 g/mol. The highest BCUT2D eigenvalue weighted by Crippen LogP contribution is 2.23. The number of benzene rings is 1. The highest BCUT2D eigenvalue weighted by Gasteiger charge is 2.19. The van der Waals surface area contributed by atoms with Gasteiger partial charge in [-0.3, -0.25) is 0 Å². The lowest BCUT2D eigenvalue weighted by atomic mass is 10.1. The van der Waals surface area contributed by atoms with Crippen LogP contribution in [0.5, 0.6) is 0 Å². The van der Waals surface area contributed by atoms with Crippen LogP contribution in [-0.2, 0) is 11.3 Å². The number of nitrogens with zero attached hydrogens (tertiary/aromatic N) is 2. The first-order chi connectivity index (χ1) is 9.60. The Labute approximate surface area is 121 Å². The van der Waals surface area contributed by atoms with Crippen LogP contribution in [0.2, 0.25) is 0 Å². The molecule has 1 fully saturated rings. The van der Waals surface area contributed by atoms with Gasteiger partial charge in [-0.05, 0) is 24.6 Å². The molecule has 4 nitrogen and oxygen atoms in total. The van der Waals surface area contributed by atoms with Crippen molar-refractivity contribution in [2.75, 3.05) is 24.6 Å². The Balaban J connectivity index is 2.15. The van der Waals surface area contributed by atoms with Gasteiger partial charge in [-0.2, -0.15) is 5.26 Å². The van der Waals surface area contributed by atoms with Gasteiger partial charge < -0.3 is 15.0 Å². The Morgan fingerprint density at radius 1 is 1.50 bits per heavy atom. The molecule has 0 spiro atoms. The molecule has 0 amide bonds. The maximum atomic E-state index is 9.39. The van der Waals surface area contributed by atoms with E-state index in [-0.39, 0.29) is 6.10 Å². The minimum absolute atomic E-state index is 0.220. The molecule has 1 atom stereocenters. The summed E-state index contributed by atoms with van der Waals surface area (Å²) in [5.41, 5.74) is 2.93. The predicted octanol–water partition coefficient (Wildman–Crippen LogP) is 2.28. The summed E-state index contributed by atoms with van der Waals surface area (Å²) in [4.78, 5) is 2.24. The maximum absolute atomic E-state index is 9.39. The molecule has 2 rings (SSSR count). The minimum Gasteiger partial charge on any atom is -0.375 e. The van der Waals surface area contributed by atoms with Crippen LogP contribution in [0.4, 0.5) is 5.69 Å². The molecular weight excluding hydrogens is 250 g/mol. The quantitative estimate of drug-likeness (QED) is 0.914. The van der Waals surface area contributed by atoms with Crippen LogP contribution >= 0.6 is 0 Å². The molecule has 108 valence electrons. The molecule has 0 saturated carbocycles. The summed E-state index contributed by atoms with van der Waals surface area (Å²) in [7, 11) is 0.